The molecule has 0 bridgehead atoms. The first kappa shape index (κ1) is 22.9. The topological polar surface area (TPSA) is 112 Å². The van der Waals surface area contributed by atoms with E-state index in [1.165, 1.54) is 4.57 Å². The minimum absolute atomic E-state index is 0.0517. The molecule has 0 aliphatic heterocycles. The summed E-state index contributed by atoms with van der Waals surface area (Å²) >= 11 is 1.64. The summed E-state index contributed by atoms with van der Waals surface area (Å²) in [5, 5.41) is 1.00. The number of nitrogens with zero attached hydrogens (tertiary/aromatic N) is 4. The van der Waals surface area contributed by atoms with Crippen LogP contribution in [-0.2, 0) is 35.6 Å². The minimum atomic E-state index is -0.481. The fourth-order valence-corrected chi connectivity index (χ4v) is 4.83. The van der Waals surface area contributed by atoms with Gasteiger partial charge in [0.1, 0.15) is 12.4 Å². The predicted octanol–water partition coefficient (Wildman–Crippen LogP) is 3.38. The van der Waals surface area contributed by atoms with Crippen molar-refractivity contribution >= 4 is 38.7 Å². The van der Waals surface area contributed by atoms with Gasteiger partial charge >= 0.3 is 11.7 Å². The number of hydrogen-bond acceptors (Lipinski definition) is 7. The van der Waals surface area contributed by atoms with Gasteiger partial charge < -0.3 is 9.30 Å². The van der Waals surface area contributed by atoms with Gasteiger partial charge in [-0.05, 0) is 38.3 Å². The van der Waals surface area contributed by atoms with Crippen LogP contribution in [0.1, 0.15) is 50.4 Å². The number of thiazole rings is 1. The number of hydrogen-bond donors (Lipinski definition) is 1. The summed E-state index contributed by atoms with van der Waals surface area (Å²) in [5.41, 5.74) is 0.688. The van der Waals surface area contributed by atoms with E-state index >= 15 is 0 Å². The second-order valence-corrected chi connectivity index (χ2v) is 8.91. The van der Waals surface area contributed by atoms with E-state index in [1.807, 2.05) is 38.1 Å². The molecule has 0 radical (unpaired) electrons. The summed E-state index contributed by atoms with van der Waals surface area (Å²) in [6.07, 6.45) is 3.31. The number of ether oxygens (including phenoxy) is 1. The molecule has 0 aliphatic rings. The van der Waals surface area contributed by atoms with Crippen molar-refractivity contribution in [2.45, 2.75) is 65.6 Å². The Bertz CT molecular complexity index is 1360. The molecule has 0 fully saturated rings. The number of carbonyl (C=O) groups excluding carboxylic acids is 1. The largest absolute Gasteiger partial charge is 0.458 e. The normalized spacial score (nSPS) is 11.5. The van der Waals surface area contributed by atoms with Gasteiger partial charge in [-0.15, -0.1) is 11.3 Å². The fourth-order valence-electron chi connectivity index (χ4n) is 3.82. The van der Waals surface area contributed by atoms with Crippen molar-refractivity contribution in [3.05, 3.63) is 55.9 Å². The molecule has 0 spiro atoms. The van der Waals surface area contributed by atoms with Gasteiger partial charge in [-0.1, -0.05) is 25.5 Å². The molecule has 3 heterocycles. The molecule has 1 aromatic carbocycles. The summed E-state index contributed by atoms with van der Waals surface area (Å²) < 4.78 is 9.77. The van der Waals surface area contributed by atoms with Gasteiger partial charge in [-0.25, -0.2) is 14.8 Å². The molecule has 33 heavy (non-hydrogen) atoms. The molecule has 4 aromatic rings. The molecule has 9 nitrogen and oxygen atoms in total. The maximum Gasteiger partial charge on any atom is 0.330 e. The molecule has 0 saturated heterocycles. The number of esters is 1. The van der Waals surface area contributed by atoms with Crippen LogP contribution in [0.2, 0.25) is 0 Å². The van der Waals surface area contributed by atoms with E-state index in [4.69, 9.17) is 4.74 Å². The number of imidazole rings is 1. The number of carbonyl (C=O) groups is 1. The van der Waals surface area contributed by atoms with Crippen LogP contribution in [-0.4, -0.2) is 30.1 Å². The monoisotopic (exact) mass is 469 g/mol. The fraction of sp³-hybridized carbons (Fsp3) is 0.435. The van der Waals surface area contributed by atoms with E-state index < -0.39 is 11.2 Å². The van der Waals surface area contributed by atoms with Crippen molar-refractivity contribution in [1.29, 1.82) is 0 Å². The summed E-state index contributed by atoms with van der Waals surface area (Å²) in [6, 6.07) is 7.97. The van der Waals surface area contributed by atoms with E-state index in [2.05, 4.69) is 15.0 Å². The average Bonchev–Trinajstić information content (AvgIpc) is 3.38. The molecule has 0 amide bonds. The Morgan fingerprint density at radius 3 is 2.70 bits per heavy atom. The summed E-state index contributed by atoms with van der Waals surface area (Å²) in [6.45, 7) is 4.79. The average molecular weight is 470 g/mol. The van der Waals surface area contributed by atoms with Crippen LogP contribution in [0, 0.1) is 0 Å². The molecular formula is C23H27N5O4S. The van der Waals surface area contributed by atoms with Crippen molar-refractivity contribution in [3.8, 4) is 0 Å². The summed E-state index contributed by atoms with van der Waals surface area (Å²) in [7, 11) is 0. The third-order valence-electron chi connectivity index (χ3n) is 5.49. The van der Waals surface area contributed by atoms with Crippen LogP contribution in [0.15, 0.2) is 33.9 Å². The third kappa shape index (κ3) is 4.90. The van der Waals surface area contributed by atoms with Crippen LogP contribution in [0.5, 0.6) is 0 Å². The number of rotatable bonds is 10. The van der Waals surface area contributed by atoms with E-state index in [1.54, 1.807) is 15.9 Å². The number of unbranched alkanes of at least 4 members (excludes halogenated alkanes) is 1. The zero-order chi connectivity index (χ0) is 23.4. The molecule has 1 N–H and O–H groups in total. The highest BCUT2D eigenvalue weighted by Gasteiger charge is 2.18. The zero-order valence-electron chi connectivity index (χ0n) is 18.8. The van der Waals surface area contributed by atoms with Crippen LogP contribution in [0.3, 0.4) is 0 Å². The molecule has 174 valence electrons. The van der Waals surface area contributed by atoms with Gasteiger partial charge in [0.2, 0.25) is 0 Å². The SMILES string of the molecule is CCCCn1c(=O)[nH]c(=O)c2c1nc(COC(=O)CCCc1nc3ccccc3s1)n2CC. The van der Waals surface area contributed by atoms with E-state index in [0.717, 1.165) is 28.1 Å². The molecular weight excluding hydrogens is 442 g/mol. The molecule has 0 saturated carbocycles. The van der Waals surface area contributed by atoms with E-state index in [9.17, 15) is 14.4 Å². The van der Waals surface area contributed by atoms with Crippen molar-refractivity contribution in [1.82, 2.24) is 24.1 Å². The van der Waals surface area contributed by atoms with Crippen LogP contribution < -0.4 is 11.2 Å². The van der Waals surface area contributed by atoms with Gasteiger partial charge in [0.15, 0.2) is 11.2 Å². The Morgan fingerprint density at radius 1 is 1.12 bits per heavy atom. The molecule has 10 heteroatoms. The van der Waals surface area contributed by atoms with E-state index in [0.29, 0.717) is 42.9 Å². The second kappa shape index (κ2) is 10.1. The Hall–Kier alpha value is -3.27. The Balaban J connectivity index is 1.42. The number of benzene rings is 1. The lowest BCUT2D eigenvalue weighted by atomic mass is 10.2. The molecule has 0 aliphatic carbocycles. The van der Waals surface area contributed by atoms with Gasteiger partial charge in [-0.3, -0.25) is 19.1 Å². The lowest BCUT2D eigenvalue weighted by molar-refractivity contribution is -0.145. The van der Waals surface area contributed by atoms with Gasteiger partial charge in [0, 0.05) is 19.5 Å². The second-order valence-electron chi connectivity index (χ2n) is 7.80. The van der Waals surface area contributed by atoms with Crippen LogP contribution in [0.4, 0.5) is 0 Å². The van der Waals surface area contributed by atoms with Crippen molar-refractivity contribution in [2.24, 2.45) is 0 Å². The number of para-hydroxylation sites is 1. The Morgan fingerprint density at radius 2 is 1.94 bits per heavy atom. The van der Waals surface area contributed by atoms with Crippen molar-refractivity contribution in [3.63, 3.8) is 0 Å². The molecule has 0 atom stereocenters. The Labute approximate surface area is 194 Å². The Kier molecular flexibility index (Phi) is 7.02. The number of H-pyrrole nitrogens is 1. The number of aromatic amines is 1. The van der Waals surface area contributed by atoms with Crippen molar-refractivity contribution < 1.29 is 9.53 Å². The van der Waals surface area contributed by atoms with Gasteiger partial charge in [-0.2, -0.15) is 0 Å². The number of fused-ring (bicyclic) bond motifs is 2. The lowest BCUT2D eigenvalue weighted by Gasteiger charge is -2.07. The van der Waals surface area contributed by atoms with Crippen LogP contribution >= 0.6 is 11.3 Å². The number of nitrogens with one attached hydrogen (secondary N) is 1. The predicted molar refractivity (Wildman–Crippen MR) is 128 cm³/mol. The van der Waals surface area contributed by atoms with Crippen LogP contribution in [0.25, 0.3) is 21.4 Å². The van der Waals surface area contributed by atoms with E-state index in [-0.39, 0.29) is 19.0 Å². The van der Waals surface area contributed by atoms with Crippen molar-refractivity contribution in [2.75, 3.05) is 0 Å². The third-order valence-corrected chi connectivity index (χ3v) is 6.58. The quantitative estimate of drug-likeness (QED) is 0.356. The van der Waals surface area contributed by atoms with Gasteiger partial charge in [0.05, 0.1) is 15.2 Å². The highest BCUT2D eigenvalue weighted by atomic mass is 32.1. The number of aromatic nitrogens is 5. The first-order valence-electron chi connectivity index (χ1n) is 11.2. The maximum atomic E-state index is 12.5. The number of aryl methyl sites for hydroxylation is 3. The summed E-state index contributed by atoms with van der Waals surface area (Å²) in [5.74, 6) is 0.122. The molecule has 0 unspecified atom stereocenters. The minimum Gasteiger partial charge on any atom is -0.458 e. The van der Waals surface area contributed by atoms with Gasteiger partial charge in [0.25, 0.3) is 5.56 Å². The smallest absolute Gasteiger partial charge is 0.330 e. The standard InChI is InChI=1S/C23H27N5O4S/c1-3-5-13-28-21-20(22(30)26-23(28)31)27(4-2)17(25-21)14-32-19(29)12-8-11-18-24-15-9-6-7-10-16(15)33-18/h6-7,9-10H,3-5,8,11-14H2,1-2H3,(H,26,30,31). The maximum absolute atomic E-state index is 12.5. The highest BCUT2D eigenvalue weighted by molar-refractivity contribution is 7.18. The highest BCUT2D eigenvalue weighted by Crippen LogP contribution is 2.23. The first-order valence-corrected chi connectivity index (χ1v) is 12.1. The molecule has 3 aromatic heterocycles. The molecule has 4 rings (SSSR count). The zero-order valence-corrected chi connectivity index (χ0v) is 19.6. The first-order chi connectivity index (χ1) is 16.0. The lowest BCUT2D eigenvalue weighted by Crippen LogP contribution is -2.31. The summed E-state index contributed by atoms with van der Waals surface area (Å²) in [4.78, 5) is 48.5.